The van der Waals surface area contributed by atoms with E-state index in [4.69, 9.17) is 32.7 Å². The predicted octanol–water partition coefficient (Wildman–Crippen LogP) is 5.52. The number of thioether (sulfide) groups is 1. The maximum absolute atomic E-state index is 13.0. The number of amides is 2. The molecule has 0 bridgehead atoms. The molecule has 1 heterocycles. The molecule has 0 radical (unpaired) electrons. The van der Waals surface area contributed by atoms with E-state index in [2.05, 4.69) is 10.6 Å². The summed E-state index contributed by atoms with van der Waals surface area (Å²) in [4.78, 5) is 38.1. The largest absolute Gasteiger partial charge is 0.491 e. The van der Waals surface area contributed by atoms with Crippen LogP contribution in [0.2, 0.25) is 10.0 Å². The molecule has 2 amide bonds. The number of carbonyl (C=O) groups is 3. The maximum Gasteiger partial charge on any atom is 0.416 e. The highest BCUT2D eigenvalue weighted by Crippen LogP contribution is 2.44. The summed E-state index contributed by atoms with van der Waals surface area (Å²) in [5.41, 5.74) is -0.842. The zero-order chi connectivity index (χ0) is 28.9. The summed E-state index contributed by atoms with van der Waals surface area (Å²) in [6, 6.07) is 8.88. The van der Waals surface area contributed by atoms with Crippen molar-refractivity contribution in [1.82, 2.24) is 5.32 Å². The van der Waals surface area contributed by atoms with Crippen LogP contribution in [0.3, 0.4) is 0 Å². The molecule has 1 aliphatic rings. The molecule has 0 aromatic heterocycles. The van der Waals surface area contributed by atoms with Crippen molar-refractivity contribution >= 4 is 58.4 Å². The van der Waals surface area contributed by atoms with Crippen molar-refractivity contribution in [2.24, 2.45) is 5.92 Å². The fraction of sp³-hybridized carbons (Fsp3) is 0.280. The van der Waals surface area contributed by atoms with E-state index in [9.17, 15) is 32.8 Å². The minimum Gasteiger partial charge on any atom is -0.491 e. The summed E-state index contributed by atoms with van der Waals surface area (Å²) < 4.78 is 49.1. The first-order valence-electron chi connectivity index (χ1n) is 11.2. The summed E-state index contributed by atoms with van der Waals surface area (Å²) in [5.74, 6) is -5.25. The molecule has 0 aliphatic carbocycles. The molecule has 0 fully saturated rings. The minimum absolute atomic E-state index is 0.0204. The molecule has 2 N–H and O–H groups in total. The molecular formula is C25H20Cl2F3N3O5S. The number of carbonyl (C=O) groups excluding carboxylic acids is 3. The van der Waals surface area contributed by atoms with Gasteiger partial charge in [-0.25, -0.2) is 0 Å². The van der Waals surface area contributed by atoms with Gasteiger partial charge in [-0.1, -0.05) is 41.0 Å². The molecule has 0 unspecified atom stereocenters. The first-order valence-corrected chi connectivity index (χ1v) is 12.9. The zero-order valence-electron chi connectivity index (χ0n) is 20.3. The van der Waals surface area contributed by atoms with Crippen LogP contribution in [0.25, 0.3) is 0 Å². The van der Waals surface area contributed by atoms with Crippen LogP contribution in [-0.2, 0) is 25.3 Å². The third-order valence-electron chi connectivity index (χ3n) is 5.47. The normalized spacial score (nSPS) is 17.2. The zero-order valence-corrected chi connectivity index (χ0v) is 22.6. The lowest BCUT2D eigenvalue weighted by molar-refractivity contribution is -0.150. The number of nitriles is 1. The average molecular weight is 602 g/mol. The van der Waals surface area contributed by atoms with Gasteiger partial charge >= 0.3 is 12.1 Å². The highest BCUT2D eigenvalue weighted by atomic mass is 35.5. The van der Waals surface area contributed by atoms with Crippen LogP contribution in [0.15, 0.2) is 47.0 Å². The summed E-state index contributed by atoms with van der Waals surface area (Å²) in [7, 11) is 1.09. The molecule has 0 spiro atoms. The molecule has 2 aromatic rings. The van der Waals surface area contributed by atoms with E-state index in [1.165, 1.54) is 18.2 Å². The van der Waals surface area contributed by atoms with Crippen molar-refractivity contribution in [2.75, 3.05) is 24.8 Å². The highest BCUT2D eigenvalue weighted by Gasteiger charge is 2.45. The van der Waals surface area contributed by atoms with Crippen LogP contribution in [0.5, 0.6) is 5.75 Å². The molecule has 206 valence electrons. The van der Waals surface area contributed by atoms with Crippen molar-refractivity contribution in [3.8, 4) is 11.8 Å². The van der Waals surface area contributed by atoms with Gasteiger partial charge in [-0.15, -0.1) is 0 Å². The van der Waals surface area contributed by atoms with Gasteiger partial charge in [-0.3, -0.25) is 14.4 Å². The van der Waals surface area contributed by atoms with Crippen molar-refractivity contribution in [1.29, 1.82) is 5.26 Å². The van der Waals surface area contributed by atoms with Crippen molar-refractivity contribution < 1.29 is 37.0 Å². The number of anilines is 1. The number of nitrogens with one attached hydrogen (secondary N) is 2. The first kappa shape index (κ1) is 30.1. The molecule has 2 atom stereocenters. The van der Waals surface area contributed by atoms with E-state index >= 15 is 0 Å². The van der Waals surface area contributed by atoms with Crippen LogP contribution in [0.4, 0.5) is 18.9 Å². The topological polar surface area (TPSA) is 118 Å². The molecule has 3 rings (SSSR count). The van der Waals surface area contributed by atoms with Gasteiger partial charge in [0, 0.05) is 11.6 Å². The summed E-state index contributed by atoms with van der Waals surface area (Å²) in [5, 5.41) is 15.0. The Labute approximate surface area is 235 Å². The minimum atomic E-state index is -4.59. The quantitative estimate of drug-likeness (QED) is 0.302. The number of methoxy groups -OCH3 is 1. The van der Waals surface area contributed by atoms with Gasteiger partial charge in [0.25, 0.3) is 0 Å². The van der Waals surface area contributed by atoms with E-state index in [-0.39, 0.29) is 50.0 Å². The van der Waals surface area contributed by atoms with E-state index in [0.29, 0.717) is 0 Å². The highest BCUT2D eigenvalue weighted by molar-refractivity contribution is 8.03. The Hall–Kier alpha value is -3.40. The Morgan fingerprint density at radius 2 is 1.87 bits per heavy atom. The lowest BCUT2D eigenvalue weighted by atomic mass is 9.78. The van der Waals surface area contributed by atoms with E-state index in [0.717, 1.165) is 37.1 Å². The number of benzene rings is 2. The third kappa shape index (κ3) is 6.98. The van der Waals surface area contributed by atoms with Crippen molar-refractivity contribution in [3.63, 3.8) is 0 Å². The lowest BCUT2D eigenvalue weighted by Gasteiger charge is -2.31. The van der Waals surface area contributed by atoms with Gasteiger partial charge in [0.15, 0.2) is 5.75 Å². The summed E-state index contributed by atoms with van der Waals surface area (Å²) in [6.45, 7) is 1.99. The summed E-state index contributed by atoms with van der Waals surface area (Å²) >= 11 is 13.4. The second-order valence-electron chi connectivity index (χ2n) is 7.98. The van der Waals surface area contributed by atoms with Crippen LogP contribution in [0, 0.1) is 17.2 Å². The Bertz CT molecular complexity index is 1350. The fourth-order valence-corrected chi connectivity index (χ4v) is 5.29. The van der Waals surface area contributed by atoms with E-state index < -0.39 is 41.4 Å². The molecule has 0 saturated carbocycles. The number of ether oxygens (including phenoxy) is 2. The van der Waals surface area contributed by atoms with Gasteiger partial charge in [-0.05, 0) is 42.8 Å². The second kappa shape index (κ2) is 12.6. The number of allylic oxidation sites excluding steroid dienone is 1. The molecule has 8 nitrogen and oxygen atoms in total. The number of hydrogen-bond acceptors (Lipinski definition) is 7. The van der Waals surface area contributed by atoms with Crippen molar-refractivity contribution in [2.45, 2.75) is 19.0 Å². The molecule has 1 aliphatic heterocycles. The van der Waals surface area contributed by atoms with Crippen LogP contribution >= 0.6 is 35.0 Å². The number of rotatable bonds is 8. The molecule has 39 heavy (non-hydrogen) atoms. The second-order valence-corrected chi connectivity index (χ2v) is 9.78. The van der Waals surface area contributed by atoms with Crippen LogP contribution in [-0.4, -0.2) is 37.3 Å². The van der Waals surface area contributed by atoms with Gasteiger partial charge in [0.05, 0.1) is 51.7 Å². The van der Waals surface area contributed by atoms with Gasteiger partial charge < -0.3 is 20.1 Å². The third-order valence-corrected chi connectivity index (χ3v) is 7.05. The Kier molecular flexibility index (Phi) is 9.77. The lowest BCUT2D eigenvalue weighted by Crippen LogP contribution is -2.44. The standard InChI is InChI=1S/C25H20Cl2F3N3O5S/c1-3-38-21-16(26)7-12(8-17(21)27)19-15(10-31)23(33-22(35)20(19)24(36)37-2)39-11-18(34)32-14-6-4-5-13(9-14)25(28,29)30/h4-9,19-20H,3,11H2,1-2H3,(H,32,34)(H,33,35)/t19-,20+/m0/s1. The average Bonchev–Trinajstić information content (AvgIpc) is 2.88. The molecule has 0 saturated heterocycles. The number of halogens is 5. The SMILES string of the molecule is CCOc1c(Cl)cc([C@H]2C(C#N)=C(SCC(=O)Nc3cccc(C(F)(F)F)c3)NC(=O)[C@@H]2C(=O)OC)cc1Cl. The van der Waals surface area contributed by atoms with E-state index in [1.54, 1.807) is 6.92 Å². The number of alkyl halides is 3. The number of hydrogen-bond donors (Lipinski definition) is 2. The molecule has 14 heteroatoms. The fourth-order valence-electron chi connectivity index (χ4n) is 3.83. The van der Waals surface area contributed by atoms with Gasteiger partial charge in [0.1, 0.15) is 5.92 Å². The van der Waals surface area contributed by atoms with E-state index in [1.807, 2.05) is 6.07 Å². The monoisotopic (exact) mass is 601 g/mol. The van der Waals surface area contributed by atoms with Gasteiger partial charge in [-0.2, -0.15) is 18.4 Å². The Morgan fingerprint density at radius 1 is 1.21 bits per heavy atom. The maximum atomic E-state index is 13.0. The Balaban J connectivity index is 1.94. The number of nitrogens with zero attached hydrogens (tertiary/aromatic N) is 1. The van der Waals surface area contributed by atoms with Crippen molar-refractivity contribution in [3.05, 3.63) is 68.2 Å². The van der Waals surface area contributed by atoms with Crippen LogP contribution in [0.1, 0.15) is 24.0 Å². The summed E-state index contributed by atoms with van der Waals surface area (Å²) in [6.07, 6.45) is -4.59. The smallest absolute Gasteiger partial charge is 0.416 e. The Morgan fingerprint density at radius 3 is 2.44 bits per heavy atom. The van der Waals surface area contributed by atoms with Crippen LogP contribution < -0.4 is 15.4 Å². The molecular weight excluding hydrogens is 582 g/mol. The van der Waals surface area contributed by atoms with Gasteiger partial charge in [0.2, 0.25) is 11.8 Å². The first-order chi connectivity index (χ1) is 18.4. The molecule has 2 aromatic carbocycles. The predicted molar refractivity (Wildman–Crippen MR) is 139 cm³/mol. The number of esters is 1.